The molecule has 0 spiro atoms. The number of aromatic nitrogens is 2. The summed E-state index contributed by atoms with van der Waals surface area (Å²) in [4.78, 5) is 0. The van der Waals surface area contributed by atoms with E-state index in [4.69, 9.17) is 5.26 Å². The summed E-state index contributed by atoms with van der Waals surface area (Å²) in [6.45, 7) is 2.57. The molecule has 3 nitrogen and oxygen atoms in total. The van der Waals surface area contributed by atoms with Gasteiger partial charge in [-0.05, 0) is 5.75 Å². The van der Waals surface area contributed by atoms with Crippen LogP contribution in [0.2, 0.25) is 0 Å². The second-order valence-electron chi connectivity index (χ2n) is 2.38. The highest BCUT2D eigenvalue weighted by Gasteiger charge is 2.00. The van der Waals surface area contributed by atoms with Crippen LogP contribution in [0.4, 0.5) is 0 Å². The molecule has 0 atom stereocenters. The third kappa shape index (κ3) is 2.59. The second kappa shape index (κ2) is 4.83. The molecular formula is C8H12N3S+. The van der Waals surface area contributed by atoms with Crippen LogP contribution in [0.3, 0.4) is 0 Å². The smallest absolute Gasteiger partial charge is 0.227 e. The first-order valence-corrected chi connectivity index (χ1v) is 5.01. The van der Waals surface area contributed by atoms with Gasteiger partial charge < -0.3 is 0 Å². The number of rotatable bonds is 4. The van der Waals surface area contributed by atoms with Gasteiger partial charge in [0.05, 0.1) is 0 Å². The molecule has 1 heterocycles. The Morgan fingerprint density at radius 1 is 1.67 bits per heavy atom. The predicted octanol–water partition coefficient (Wildman–Crippen LogP) is 1.01. The van der Waals surface area contributed by atoms with Crippen LogP contribution in [0.15, 0.2) is 18.7 Å². The van der Waals surface area contributed by atoms with Gasteiger partial charge in [0.25, 0.3) is 0 Å². The van der Waals surface area contributed by atoms with Crippen LogP contribution in [-0.4, -0.2) is 10.3 Å². The molecule has 0 aliphatic rings. The van der Waals surface area contributed by atoms with E-state index in [2.05, 4.69) is 17.6 Å². The van der Waals surface area contributed by atoms with Gasteiger partial charge in [-0.25, -0.2) is 9.13 Å². The van der Waals surface area contributed by atoms with Crippen LogP contribution in [-0.2, 0) is 12.4 Å². The van der Waals surface area contributed by atoms with Gasteiger partial charge in [-0.2, -0.15) is 5.26 Å². The van der Waals surface area contributed by atoms with Gasteiger partial charge in [0, 0.05) is 0 Å². The number of hydrogen-bond acceptors (Lipinski definition) is 2. The first-order chi connectivity index (χ1) is 5.86. The predicted molar refractivity (Wildman–Crippen MR) is 48.4 cm³/mol. The monoisotopic (exact) mass is 182 g/mol. The minimum absolute atomic E-state index is 0.434. The zero-order valence-electron chi connectivity index (χ0n) is 7.10. The molecule has 12 heavy (non-hydrogen) atoms. The minimum atomic E-state index is 0.434. The van der Waals surface area contributed by atoms with Crippen molar-refractivity contribution in [2.24, 2.45) is 0 Å². The summed E-state index contributed by atoms with van der Waals surface area (Å²) >= 11 is 1.86. The van der Waals surface area contributed by atoms with Crippen molar-refractivity contribution < 1.29 is 4.57 Å². The Labute approximate surface area is 76.6 Å². The lowest BCUT2D eigenvalue weighted by molar-refractivity contribution is -0.675. The molecule has 0 amide bonds. The Morgan fingerprint density at radius 2 is 2.50 bits per heavy atom. The summed E-state index contributed by atoms with van der Waals surface area (Å²) in [6.07, 6.45) is 5.85. The van der Waals surface area contributed by atoms with E-state index >= 15 is 0 Å². The average Bonchev–Trinajstić information content (AvgIpc) is 2.50. The molecule has 0 aromatic carbocycles. The van der Waals surface area contributed by atoms with Gasteiger partial charge in [0.1, 0.15) is 24.3 Å². The number of nitrogens with zero attached hydrogens (tertiary/aromatic N) is 3. The molecule has 0 aliphatic carbocycles. The topological polar surface area (TPSA) is 32.6 Å². The summed E-state index contributed by atoms with van der Waals surface area (Å²) < 4.78 is 3.95. The van der Waals surface area contributed by atoms with Crippen molar-refractivity contribution in [3.63, 3.8) is 0 Å². The molecule has 1 aromatic heterocycles. The highest BCUT2D eigenvalue weighted by atomic mass is 32.2. The third-order valence-electron chi connectivity index (χ3n) is 1.44. The van der Waals surface area contributed by atoms with Crippen molar-refractivity contribution >= 4 is 11.8 Å². The third-order valence-corrected chi connectivity index (χ3v) is 2.33. The standard InChI is InChI=1S/C8H12N3S/c1-2-12-8-11-6-5-10(7-11)4-3-9/h5-7H,2,4,8H2,1H3/q+1. The van der Waals surface area contributed by atoms with Gasteiger partial charge >= 0.3 is 0 Å². The average molecular weight is 182 g/mol. The van der Waals surface area contributed by atoms with Crippen LogP contribution in [0, 0.1) is 11.3 Å². The molecule has 0 unspecified atom stereocenters. The highest BCUT2D eigenvalue weighted by Crippen LogP contribution is 1.96. The van der Waals surface area contributed by atoms with E-state index in [0.717, 1.165) is 11.6 Å². The fourth-order valence-corrected chi connectivity index (χ4v) is 1.43. The molecular weight excluding hydrogens is 170 g/mol. The molecule has 0 saturated heterocycles. The van der Waals surface area contributed by atoms with Crippen molar-refractivity contribution in [3.8, 4) is 6.07 Å². The van der Waals surface area contributed by atoms with E-state index in [9.17, 15) is 0 Å². The van der Waals surface area contributed by atoms with Gasteiger partial charge in [0.2, 0.25) is 6.33 Å². The highest BCUT2D eigenvalue weighted by molar-refractivity contribution is 7.98. The molecule has 0 saturated carbocycles. The summed E-state index contributed by atoms with van der Waals surface area (Å²) in [5, 5.41) is 8.42. The molecule has 0 radical (unpaired) electrons. The summed E-state index contributed by atoms with van der Waals surface area (Å²) in [6, 6.07) is 2.10. The summed E-state index contributed by atoms with van der Waals surface area (Å²) in [7, 11) is 0. The zero-order valence-corrected chi connectivity index (χ0v) is 7.92. The lowest BCUT2D eigenvalue weighted by atomic mass is 10.7. The van der Waals surface area contributed by atoms with Gasteiger partial charge in [-0.3, -0.25) is 0 Å². The first-order valence-electron chi connectivity index (χ1n) is 3.86. The molecule has 64 valence electrons. The van der Waals surface area contributed by atoms with Crippen molar-refractivity contribution in [3.05, 3.63) is 18.7 Å². The molecule has 0 fully saturated rings. The Kier molecular flexibility index (Phi) is 3.68. The maximum absolute atomic E-state index is 8.42. The van der Waals surface area contributed by atoms with E-state index in [-0.39, 0.29) is 0 Å². The van der Waals surface area contributed by atoms with Crippen molar-refractivity contribution in [2.45, 2.75) is 19.3 Å². The van der Waals surface area contributed by atoms with Crippen molar-refractivity contribution in [1.82, 2.24) is 4.57 Å². The lowest BCUT2D eigenvalue weighted by Gasteiger charge is -1.91. The normalized spacial score (nSPS) is 9.67. The molecule has 1 aromatic rings. The lowest BCUT2D eigenvalue weighted by Crippen LogP contribution is -2.29. The Bertz CT molecular complexity index is 274. The van der Waals surface area contributed by atoms with E-state index in [1.54, 1.807) is 0 Å². The summed E-state index contributed by atoms with van der Waals surface area (Å²) in [5.74, 6) is 2.09. The number of nitriles is 1. The maximum atomic E-state index is 8.42. The Hall–Kier alpha value is -0.950. The number of imidazole rings is 1. The number of thioether (sulfide) groups is 1. The number of hydrogen-bond donors (Lipinski definition) is 0. The van der Waals surface area contributed by atoms with Gasteiger partial charge in [-0.15, -0.1) is 11.8 Å². The first kappa shape index (κ1) is 9.14. The van der Waals surface area contributed by atoms with Crippen LogP contribution < -0.4 is 4.57 Å². The van der Waals surface area contributed by atoms with Crippen LogP contribution >= 0.6 is 11.8 Å². The fraction of sp³-hybridized carbons (Fsp3) is 0.500. The molecule has 4 heteroatoms. The Morgan fingerprint density at radius 3 is 3.17 bits per heavy atom. The maximum Gasteiger partial charge on any atom is 0.245 e. The minimum Gasteiger partial charge on any atom is -0.227 e. The molecule has 1 rings (SSSR count). The van der Waals surface area contributed by atoms with E-state index < -0.39 is 0 Å². The van der Waals surface area contributed by atoms with E-state index in [0.29, 0.717) is 6.54 Å². The zero-order chi connectivity index (χ0) is 8.81. The van der Waals surface area contributed by atoms with Gasteiger partial charge in [-0.1, -0.05) is 6.92 Å². The van der Waals surface area contributed by atoms with Crippen molar-refractivity contribution in [2.75, 3.05) is 5.75 Å². The molecule has 0 aliphatic heterocycles. The van der Waals surface area contributed by atoms with Crippen LogP contribution in [0.25, 0.3) is 0 Å². The van der Waals surface area contributed by atoms with Crippen molar-refractivity contribution in [1.29, 1.82) is 5.26 Å². The molecule has 0 N–H and O–H groups in total. The van der Waals surface area contributed by atoms with E-state index in [1.165, 1.54) is 0 Å². The second-order valence-corrected chi connectivity index (χ2v) is 3.62. The Balaban J connectivity index is 2.48. The fourth-order valence-electron chi connectivity index (χ4n) is 0.887. The molecule has 0 bridgehead atoms. The SMILES string of the molecule is CCSC[n+]1ccn(CC#N)c1. The van der Waals surface area contributed by atoms with Gasteiger partial charge in [0.15, 0.2) is 6.54 Å². The van der Waals surface area contributed by atoms with E-state index in [1.807, 2.05) is 35.0 Å². The largest absolute Gasteiger partial charge is 0.245 e. The van der Waals surface area contributed by atoms with Crippen LogP contribution in [0.5, 0.6) is 0 Å². The van der Waals surface area contributed by atoms with Crippen LogP contribution in [0.1, 0.15) is 6.92 Å². The quantitative estimate of drug-likeness (QED) is 0.651. The summed E-state index contributed by atoms with van der Waals surface area (Å²) in [5.41, 5.74) is 0.